The summed E-state index contributed by atoms with van der Waals surface area (Å²) in [5, 5.41) is 0. The predicted molar refractivity (Wildman–Crippen MR) is 99.6 cm³/mol. The Morgan fingerprint density at radius 1 is 1.35 bits per heavy atom. The zero-order valence-corrected chi connectivity index (χ0v) is 15.9. The fraction of sp³-hybridized carbons (Fsp3) is 0.294. The normalized spacial score (nSPS) is 16.3. The van der Waals surface area contributed by atoms with E-state index in [1.54, 1.807) is 18.2 Å². The summed E-state index contributed by atoms with van der Waals surface area (Å²) in [4.78, 5) is 0.0842. The summed E-state index contributed by atoms with van der Waals surface area (Å²) < 4.78 is 48.1. The molecule has 26 heavy (non-hydrogen) atoms. The van der Waals surface area contributed by atoms with Crippen LogP contribution in [0.1, 0.15) is 19.4 Å². The second kappa shape index (κ2) is 6.40. The maximum Gasteiger partial charge on any atom is 0.264 e. The first-order chi connectivity index (χ1) is 12.5. The third-order valence-corrected chi connectivity index (χ3v) is 6.02. The summed E-state index contributed by atoms with van der Waals surface area (Å²) in [5.41, 5.74) is 2.26. The molecule has 7 nitrogen and oxygen atoms in total. The Bertz CT molecular complexity index is 1080. The topological polar surface area (TPSA) is 90.4 Å². The van der Waals surface area contributed by atoms with Crippen molar-refractivity contribution in [3.63, 3.8) is 0 Å². The van der Waals surface area contributed by atoms with Crippen molar-refractivity contribution in [3.8, 4) is 11.5 Å². The summed E-state index contributed by atoms with van der Waals surface area (Å²) in [6.45, 7) is 4.25. The Balaban J connectivity index is 1.76. The highest BCUT2D eigenvalue weighted by Crippen LogP contribution is 2.39. The van der Waals surface area contributed by atoms with Crippen molar-refractivity contribution in [2.24, 2.45) is 0 Å². The van der Waals surface area contributed by atoms with E-state index in [1.165, 1.54) is 6.07 Å². The molecular formula is C17H17N3O4S2. The van der Waals surface area contributed by atoms with Gasteiger partial charge in [0.05, 0.1) is 24.0 Å². The molecule has 4 rings (SSSR count). The number of nitrogens with zero attached hydrogens (tertiary/aromatic N) is 2. The van der Waals surface area contributed by atoms with Crippen molar-refractivity contribution in [1.82, 2.24) is 8.75 Å². The van der Waals surface area contributed by atoms with E-state index in [1.807, 2.05) is 19.9 Å². The Morgan fingerprint density at radius 3 is 3.00 bits per heavy atom. The number of hydrogen-bond donors (Lipinski definition) is 1. The lowest BCUT2D eigenvalue weighted by Gasteiger charge is -2.14. The molecule has 136 valence electrons. The molecule has 1 atom stereocenters. The monoisotopic (exact) mass is 391 g/mol. The molecule has 2 aromatic carbocycles. The average Bonchev–Trinajstić information content (AvgIpc) is 3.19. The molecule has 0 saturated carbocycles. The molecule has 0 unspecified atom stereocenters. The minimum atomic E-state index is -3.86. The molecule has 2 heterocycles. The van der Waals surface area contributed by atoms with Crippen molar-refractivity contribution in [2.45, 2.75) is 31.3 Å². The van der Waals surface area contributed by atoms with Crippen molar-refractivity contribution in [2.75, 3.05) is 11.3 Å². The van der Waals surface area contributed by atoms with E-state index in [2.05, 4.69) is 13.5 Å². The van der Waals surface area contributed by atoms with Crippen LogP contribution in [0.2, 0.25) is 0 Å². The number of sulfonamides is 1. The van der Waals surface area contributed by atoms with Crippen molar-refractivity contribution in [3.05, 3.63) is 35.9 Å². The van der Waals surface area contributed by atoms with Crippen LogP contribution in [0.15, 0.2) is 35.2 Å². The third kappa shape index (κ3) is 2.97. The van der Waals surface area contributed by atoms with Crippen LogP contribution in [0.25, 0.3) is 11.0 Å². The van der Waals surface area contributed by atoms with Gasteiger partial charge in [0.25, 0.3) is 10.0 Å². The van der Waals surface area contributed by atoms with Crippen LogP contribution >= 0.6 is 11.7 Å². The molecule has 0 amide bonds. The Kier molecular flexibility index (Phi) is 4.20. The largest absolute Gasteiger partial charge is 0.492 e. The Hall–Kier alpha value is -2.39. The maximum atomic E-state index is 13.0. The first-order valence-electron chi connectivity index (χ1n) is 8.18. The minimum absolute atomic E-state index is 0.0566. The SMILES string of the molecule is CCOc1cc2c(cc1NS(=O)(=O)c1cccc3nsnc13)O[C@@H](C)C2. The first-order valence-corrected chi connectivity index (χ1v) is 10.4. The Morgan fingerprint density at radius 2 is 2.19 bits per heavy atom. The number of ether oxygens (including phenoxy) is 2. The molecule has 1 aliphatic heterocycles. The lowest BCUT2D eigenvalue weighted by atomic mass is 10.1. The molecule has 0 aliphatic carbocycles. The number of fused-ring (bicyclic) bond motifs is 2. The molecular weight excluding hydrogens is 374 g/mol. The van der Waals surface area contributed by atoms with Crippen LogP contribution < -0.4 is 14.2 Å². The van der Waals surface area contributed by atoms with Crippen LogP contribution in [0.4, 0.5) is 5.69 Å². The standard InChI is InChI=1S/C17H17N3O4S2/c1-3-23-15-8-11-7-10(2)24-14(11)9-13(15)20-26(21,22)16-6-4-5-12-17(16)19-25-18-12/h4-6,8-10,20H,3,7H2,1-2H3/t10-/m0/s1. The summed E-state index contributed by atoms with van der Waals surface area (Å²) in [6.07, 6.45) is 0.827. The van der Waals surface area contributed by atoms with Gasteiger partial charge in [-0.1, -0.05) is 6.07 Å². The molecule has 0 spiro atoms. The number of hydrogen-bond acceptors (Lipinski definition) is 7. The second-order valence-electron chi connectivity index (χ2n) is 6.02. The zero-order chi connectivity index (χ0) is 18.3. The smallest absolute Gasteiger partial charge is 0.264 e. The van der Waals surface area contributed by atoms with E-state index < -0.39 is 10.0 Å². The molecule has 1 aromatic heterocycles. The van der Waals surface area contributed by atoms with Gasteiger partial charge in [-0.3, -0.25) is 4.72 Å². The van der Waals surface area contributed by atoms with E-state index in [4.69, 9.17) is 9.47 Å². The van der Waals surface area contributed by atoms with Crippen molar-refractivity contribution in [1.29, 1.82) is 0 Å². The number of nitrogens with one attached hydrogen (secondary N) is 1. The van der Waals surface area contributed by atoms with Gasteiger partial charge in [-0.2, -0.15) is 8.75 Å². The number of rotatable bonds is 5. The minimum Gasteiger partial charge on any atom is -0.492 e. The lowest BCUT2D eigenvalue weighted by Crippen LogP contribution is -2.14. The highest BCUT2D eigenvalue weighted by molar-refractivity contribution is 7.93. The molecule has 0 radical (unpaired) electrons. The van der Waals surface area contributed by atoms with Gasteiger partial charge >= 0.3 is 0 Å². The van der Waals surface area contributed by atoms with E-state index in [-0.39, 0.29) is 11.0 Å². The van der Waals surface area contributed by atoms with Gasteiger partial charge in [0.1, 0.15) is 33.5 Å². The highest BCUT2D eigenvalue weighted by Gasteiger charge is 2.25. The van der Waals surface area contributed by atoms with Gasteiger partial charge < -0.3 is 9.47 Å². The summed E-state index contributed by atoms with van der Waals surface area (Å²) in [7, 11) is -3.86. The predicted octanol–water partition coefficient (Wildman–Crippen LogP) is 3.21. The van der Waals surface area contributed by atoms with Crippen LogP contribution in [0.3, 0.4) is 0 Å². The molecule has 1 N–H and O–H groups in total. The van der Waals surface area contributed by atoms with Gasteiger partial charge in [0.2, 0.25) is 0 Å². The van der Waals surface area contributed by atoms with Gasteiger partial charge in [0.15, 0.2) is 0 Å². The molecule has 0 bridgehead atoms. The number of anilines is 1. The molecule has 9 heteroatoms. The quantitative estimate of drug-likeness (QED) is 0.718. The van der Waals surface area contributed by atoms with Gasteiger partial charge in [-0.25, -0.2) is 8.42 Å². The van der Waals surface area contributed by atoms with Gasteiger partial charge in [-0.15, -0.1) is 0 Å². The molecule has 3 aromatic rings. The fourth-order valence-corrected chi connectivity index (χ4v) is 4.82. The maximum absolute atomic E-state index is 13.0. The highest BCUT2D eigenvalue weighted by atomic mass is 32.2. The van der Waals surface area contributed by atoms with Gasteiger partial charge in [0, 0.05) is 18.1 Å². The summed E-state index contributed by atoms with van der Waals surface area (Å²) in [6, 6.07) is 8.41. The third-order valence-electron chi connectivity index (χ3n) is 4.08. The van der Waals surface area contributed by atoms with Crippen LogP contribution in [-0.4, -0.2) is 29.9 Å². The summed E-state index contributed by atoms with van der Waals surface area (Å²) in [5.74, 6) is 1.16. The number of benzene rings is 2. The summed E-state index contributed by atoms with van der Waals surface area (Å²) >= 11 is 0.980. The van der Waals surface area contributed by atoms with E-state index >= 15 is 0 Å². The van der Waals surface area contributed by atoms with E-state index in [0.29, 0.717) is 34.8 Å². The molecule has 0 fully saturated rings. The number of aromatic nitrogens is 2. The van der Waals surface area contributed by atoms with Crippen LogP contribution in [0.5, 0.6) is 11.5 Å². The van der Waals surface area contributed by atoms with Crippen molar-refractivity contribution < 1.29 is 17.9 Å². The zero-order valence-electron chi connectivity index (χ0n) is 14.2. The second-order valence-corrected chi connectivity index (χ2v) is 8.19. The molecule has 0 saturated heterocycles. The first kappa shape index (κ1) is 17.0. The van der Waals surface area contributed by atoms with Crippen LogP contribution in [0, 0.1) is 0 Å². The van der Waals surface area contributed by atoms with Crippen LogP contribution in [-0.2, 0) is 16.4 Å². The van der Waals surface area contributed by atoms with Gasteiger partial charge in [-0.05, 0) is 32.0 Å². The molecule has 1 aliphatic rings. The Labute approximate surface area is 155 Å². The van der Waals surface area contributed by atoms with E-state index in [0.717, 1.165) is 23.7 Å². The lowest BCUT2D eigenvalue weighted by molar-refractivity contribution is 0.254. The average molecular weight is 391 g/mol. The van der Waals surface area contributed by atoms with Crippen molar-refractivity contribution >= 4 is 38.5 Å². The fourth-order valence-electron chi connectivity index (χ4n) is 2.99. The van der Waals surface area contributed by atoms with E-state index in [9.17, 15) is 8.42 Å².